The van der Waals surface area contributed by atoms with Crippen molar-refractivity contribution in [1.82, 2.24) is 5.32 Å². The Kier molecular flexibility index (Phi) is 4.63. The van der Waals surface area contributed by atoms with Crippen LogP contribution in [0.2, 0.25) is 0 Å². The number of halogens is 2. The number of morpholine rings is 1. The Morgan fingerprint density at radius 3 is 2.94 bits per heavy atom. The average Bonchev–Trinajstić information content (AvgIpc) is 2.32. The van der Waals surface area contributed by atoms with Crippen molar-refractivity contribution in [3.8, 4) is 0 Å². The van der Waals surface area contributed by atoms with Gasteiger partial charge in [0, 0.05) is 24.7 Å². The molecule has 0 aromatic heterocycles. The van der Waals surface area contributed by atoms with Crippen LogP contribution in [0.1, 0.15) is 12.5 Å². The van der Waals surface area contributed by atoms with Crippen molar-refractivity contribution in [2.45, 2.75) is 25.7 Å². The van der Waals surface area contributed by atoms with Crippen LogP contribution in [0, 0.1) is 11.6 Å². The van der Waals surface area contributed by atoms with Crippen LogP contribution in [0.5, 0.6) is 0 Å². The topological polar surface area (TPSA) is 30.5 Å². The fourth-order valence-corrected chi connectivity index (χ4v) is 1.91. The summed E-state index contributed by atoms with van der Waals surface area (Å²) < 4.78 is 37.0. The molecule has 1 aromatic rings. The van der Waals surface area contributed by atoms with E-state index in [0.717, 1.165) is 19.2 Å². The normalized spacial score (nSPS) is 24.2. The lowest BCUT2D eigenvalue weighted by Crippen LogP contribution is -2.45. The van der Waals surface area contributed by atoms with Crippen LogP contribution < -0.4 is 5.32 Å². The average molecular weight is 257 g/mol. The minimum atomic E-state index is -0.579. The molecular weight excluding hydrogens is 240 g/mol. The van der Waals surface area contributed by atoms with Gasteiger partial charge in [-0.25, -0.2) is 8.78 Å². The molecule has 1 fully saturated rings. The van der Waals surface area contributed by atoms with Gasteiger partial charge in [-0.05, 0) is 13.0 Å². The third kappa shape index (κ3) is 3.73. The molecule has 0 bridgehead atoms. The first-order valence-electron chi connectivity index (χ1n) is 6.03. The van der Waals surface area contributed by atoms with Gasteiger partial charge in [0.05, 0.1) is 25.4 Å². The molecule has 1 heterocycles. The summed E-state index contributed by atoms with van der Waals surface area (Å²) >= 11 is 0. The van der Waals surface area contributed by atoms with E-state index < -0.39 is 11.6 Å². The molecule has 1 aliphatic rings. The van der Waals surface area contributed by atoms with Gasteiger partial charge in [-0.15, -0.1) is 0 Å². The lowest BCUT2D eigenvalue weighted by Gasteiger charge is -2.28. The van der Waals surface area contributed by atoms with E-state index in [1.54, 1.807) is 0 Å². The van der Waals surface area contributed by atoms with E-state index in [4.69, 9.17) is 9.47 Å². The van der Waals surface area contributed by atoms with Crippen LogP contribution >= 0.6 is 0 Å². The van der Waals surface area contributed by atoms with Crippen molar-refractivity contribution in [2.75, 3.05) is 19.7 Å². The first-order chi connectivity index (χ1) is 8.65. The van der Waals surface area contributed by atoms with Gasteiger partial charge in [0.2, 0.25) is 0 Å². The summed E-state index contributed by atoms with van der Waals surface area (Å²) in [6.07, 6.45) is 0.146. The molecule has 3 nitrogen and oxygen atoms in total. The highest BCUT2D eigenvalue weighted by molar-refractivity contribution is 5.17. The first kappa shape index (κ1) is 13.4. The number of ether oxygens (including phenoxy) is 2. The number of hydrogen-bond donors (Lipinski definition) is 1. The zero-order valence-corrected chi connectivity index (χ0v) is 10.3. The first-order valence-corrected chi connectivity index (χ1v) is 6.03. The van der Waals surface area contributed by atoms with E-state index in [9.17, 15) is 8.78 Å². The molecule has 100 valence electrons. The molecule has 2 unspecified atom stereocenters. The largest absolute Gasteiger partial charge is 0.374 e. The molecule has 1 saturated heterocycles. The zero-order chi connectivity index (χ0) is 13.0. The molecule has 2 rings (SSSR count). The van der Waals surface area contributed by atoms with Crippen molar-refractivity contribution >= 4 is 0 Å². The van der Waals surface area contributed by atoms with Crippen molar-refractivity contribution in [3.63, 3.8) is 0 Å². The van der Waals surface area contributed by atoms with E-state index in [0.29, 0.717) is 12.2 Å². The fraction of sp³-hybridized carbons (Fsp3) is 0.538. The Labute approximate surface area is 105 Å². The Hall–Kier alpha value is -1.04. The quantitative estimate of drug-likeness (QED) is 0.893. The second kappa shape index (κ2) is 6.22. The molecule has 0 radical (unpaired) electrons. The molecule has 5 heteroatoms. The zero-order valence-electron chi connectivity index (χ0n) is 10.3. The van der Waals surface area contributed by atoms with Gasteiger partial charge in [-0.2, -0.15) is 0 Å². The van der Waals surface area contributed by atoms with Crippen LogP contribution in [-0.2, 0) is 16.1 Å². The highest BCUT2D eigenvalue weighted by Gasteiger charge is 2.18. The van der Waals surface area contributed by atoms with Crippen molar-refractivity contribution in [1.29, 1.82) is 0 Å². The molecule has 0 aliphatic carbocycles. The number of hydrogen-bond acceptors (Lipinski definition) is 3. The summed E-state index contributed by atoms with van der Waals surface area (Å²) in [6, 6.07) is 3.48. The summed E-state index contributed by atoms with van der Waals surface area (Å²) in [5, 5.41) is 3.22. The second-order valence-electron chi connectivity index (χ2n) is 4.48. The Balaban J connectivity index is 1.77. The highest BCUT2D eigenvalue weighted by Crippen LogP contribution is 2.11. The van der Waals surface area contributed by atoms with Gasteiger partial charge < -0.3 is 14.8 Å². The summed E-state index contributed by atoms with van der Waals surface area (Å²) in [5.74, 6) is -1.16. The minimum absolute atomic E-state index is 0.0164. The molecular formula is C13H17F2NO2. The molecule has 0 spiro atoms. The summed E-state index contributed by atoms with van der Waals surface area (Å²) in [5.41, 5.74) is 0.355. The molecule has 1 aliphatic heterocycles. The number of rotatable bonds is 4. The minimum Gasteiger partial charge on any atom is -0.374 e. The Morgan fingerprint density at radius 1 is 1.39 bits per heavy atom. The molecule has 0 saturated carbocycles. The van der Waals surface area contributed by atoms with Crippen LogP contribution in [0.3, 0.4) is 0 Å². The van der Waals surface area contributed by atoms with Crippen LogP contribution in [0.15, 0.2) is 18.2 Å². The second-order valence-corrected chi connectivity index (χ2v) is 4.48. The van der Waals surface area contributed by atoms with Gasteiger partial charge in [-0.3, -0.25) is 0 Å². The van der Waals surface area contributed by atoms with Gasteiger partial charge >= 0.3 is 0 Å². The standard InChI is InChI=1S/C13H17F2NO2/c1-9-5-16-6-12(18-9)8-17-7-10-2-3-11(14)4-13(10)15/h2-4,9,12,16H,5-8H2,1H3. The number of nitrogens with one attached hydrogen (secondary N) is 1. The lowest BCUT2D eigenvalue weighted by atomic mass is 10.2. The summed E-state index contributed by atoms with van der Waals surface area (Å²) in [6.45, 7) is 4.08. The van der Waals surface area contributed by atoms with Crippen LogP contribution in [0.25, 0.3) is 0 Å². The maximum Gasteiger partial charge on any atom is 0.131 e. The maximum absolute atomic E-state index is 13.3. The third-order valence-electron chi connectivity index (χ3n) is 2.80. The molecule has 0 amide bonds. The molecule has 18 heavy (non-hydrogen) atoms. The highest BCUT2D eigenvalue weighted by atomic mass is 19.1. The monoisotopic (exact) mass is 257 g/mol. The molecule has 1 N–H and O–H groups in total. The van der Waals surface area contributed by atoms with Gasteiger partial charge in [0.25, 0.3) is 0 Å². The fourth-order valence-electron chi connectivity index (χ4n) is 1.91. The number of benzene rings is 1. The van der Waals surface area contributed by atoms with Gasteiger partial charge in [0.1, 0.15) is 11.6 Å². The van der Waals surface area contributed by atoms with E-state index in [2.05, 4.69) is 5.32 Å². The van der Waals surface area contributed by atoms with E-state index in [1.165, 1.54) is 12.1 Å². The predicted molar refractivity (Wildman–Crippen MR) is 63.2 cm³/mol. The predicted octanol–water partition coefficient (Wildman–Crippen LogP) is 1.86. The molecule has 1 aromatic carbocycles. The Morgan fingerprint density at radius 2 is 2.22 bits per heavy atom. The van der Waals surface area contributed by atoms with Gasteiger partial charge in [-0.1, -0.05) is 6.07 Å². The van der Waals surface area contributed by atoms with Crippen molar-refractivity contribution < 1.29 is 18.3 Å². The Bertz CT molecular complexity index is 401. The van der Waals surface area contributed by atoms with Crippen LogP contribution in [-0.4, -0.2) is 31.9 Å². The van der Waals surface area contributed by atoms with E-state index in [-0.39, 0.29) is 18.8 Å². The van der Waals surface area contributed by atoms with E-state index in [1.807, 2.05) is 6.92 Å². The van der Waals surface area contributed by atoms with Gasteiger partial charge in [0.15, 0.2) is 0 Å². The smallest absolute Gasteiger partial charge is 0.131 e. The SMILES string of the molecule is CC1CNCC(COCc2ccc(F)cc2F)O1. The van der Waals surface area contributed by atoms with Crippen molar-refractivity contribution in [3.05, 3.63) is 35.4 Å². The third-order valence-corrected chi connectivity index (χ3v) is 2.80. The van der Waals surface area contributed by atoms with E-state index >= 15 is 0 Å². The van der Waals surface area contributed by atoms with Crippen LogP contribution in [0.4, 0.5) is 8.78 Å². The summed E-state index contributed by atoms with van der Waals surface area (Å²) in [4.78, 5) is 0. The van der Waals surface area contributed by atoms with Crippen molar-refractivity contribution in [2.24, 2.45) is 0 Å². The molecule has 2 atom stereocenters. The summed E-state index contributed by atoms with van der Waals surface area (Å²) in [7, 11) is 0. The lowest BCUT2D eigenvalue weighted by molar-refractivity contribution is -0.0719. The maximum atomic E-state index is 13.3.